The highest BCUT2D eigenvalue weighted by atomic mass is 35.5. The van der Waals surface area contributed by atoms with Crippen molar-refractivity contribution in [3.8, 4) is 0 Å². The fourth-order valence-electron chi connectivity index (χ4n) is 2.09. The number of esters is 1. The average Bonchev–Trinajstić information content (AvgIpc) is 2.42. The number of halogens is 1. The molecule has 1 aromatic rings. The average molecular weight is 270 g/mol. The topological polar surface area (TPSA) is 38.8 Å². The van der Waals surface area contributed by atoms with E-state index in [0.29, 0.717) is 18.2 Å². The summed E-state index contributed by atoms with van der Waals surface area (Å²) in [5.41, 5.74) is 0.896. The van der Waals surface area contributed by atoms with E-state index in [0.717, 1.165) is 18.7 Å². The number of ether oxygens (including phenoxy) is 2. The van der Waals surface area contributed by atoms with Crippen molar-refractivity contribution in [3.05, 3.63) is 34.9 Å². The number of carbonyl (C=O) groups excluding carboxylic acids is 1. The van der Waals surface area contributed by atoms with Gasteiger partial charge in [0.15, 0.2) is 0 Å². The predicted octanol–water partition coefficient (Wildman–Crippen LogP) is 1.89. The molecule has 0 unspecified atom stereocenters. The Labute approximate surface area is 111 Å². The van der Waals surface area contributed by atoms with Crippen LogP contribution in [0.2, 0.25) is 5.02 Å². The van der Waals surface area contributed by atoms with Gasteiger partial charge < -0.3 is 9.47 Å². The lowest BCUT2D eigenvalue weighted by Gasteiger charge is -2.32. The van der Waals surface area contributed by atoms with Gasteiger partial charge in [0.05, 0.1) is 20.3 Å². The molecule has 0 N–H and O–H groups in total. The van der Waals surface area contributed by atoms with Crippen molar-refractivity contribution >= 4 is 17.6 Å². The summed E-state index contributed by atoms with van der Waals surface area (Å²) >= 11 is 5.87. The van der Waals surface area contributed by atoms with E-state index in [4.69, 9.17) is 21.1 Å². The Hall–Kier alpha value is -1.10. The van der Waals surface area contributed by atoms with Gasteiger partial charge in [0.1, 0.15) is 6.04 Å². The molecule has 1 heterocycles. The minimum absolute atomic E-state index is 0.251. The lowest BCUT2D eigenvalue weighted by atomic mass is 10.1. The molecule has 1 atom stereocenters. The van der Waals surface area contributed by atoms with Crippen molar-refractivity contribution in [1.29, 1.82) is 0 Å². The molecule has 0 aromatic heterocycles. The van der Waals surface area contributed by atoms with Crippen molar-refractivity contribution in [3.63, 3.8) is 0 Å². The molecule has 1 fully saturated rings. The largest absolute Gasteiger partial charge is 0.468 e. The van der Waals surface area contributed by atoms with Crippen LogP contribution in [0, 0.1) is 0 Å². The second-order valence-corrected chi connectivity index (χ2v) is 4.56. The number of nitrogens with zero attached hydrogens (tertiary/aromatic N) is 1. The second-order valence-electron chi connectivity index (χ2n) is 4.13. The van der Waals surface area contributed by atoms with Crippen LogP contribution < -0.4 is 0 Å². The first kappa shape index (κ1) is 13.3. The SMILES string of the molecule is COC(=O)[C@@H](c1ccc(Cl)cc1)N1CCOCC1. The van der Waals surface area contributed by atoms with Crippen LogP contribution in [0.5, 0.6) is 0 Å². The maximum Gasteiger partial charge on any atom is 0.327 e. The van der Waals surface area contributed by atoms with E-state index in [1.807, 2.05) is 12.1 Å². The summed E-state index contributed by atoms with van der Waals surface area (Å²) in [7, 11) is 1.41. The molecule has 0 aliphatic carbocycles. The number of benzene rings is 1. The number of hydrogen-bond donors (Lipinski definition) is 0. The van der Waals surface area contributed by atoms with Crippen LogP contribution in [-0.4, -0.2) is 44.3 Å². The number of carbonyl (C=O) groups is 1. The quantitative estimate of drug-likeness (QED) is 0.786. The van der Waals surface area contributed by atoms with Gasteiger partial charge in [-0.25, -0.2) is 4.79 Å². The third-order valence-electron chi connectivity index (χ3n) is 3.02. The number of rotatable bonds is 3. The summed E-state index contributed by atoms with van der Waals surface area (Å²) in [5, 5.41) is 0.657. The van der Waals surface area contributed by atoms with Gasteiger partial charge in [0, 0.05) is 18.1 Å². The van der Waals surface area contributed by atoms with Gasteiger partial charge in [-0.2, -0.15) is 0 Å². The monoisotopic (exact) mass is 269 g/mol. The van der Waals surface area contributed by atoms with Gasteiger partial charge in [0.2, 0.25) is 0 Å². The molecule has 0 saturated carbocycles. The Kier molecular flexibility index (Phi) is 4.58. The lowest BCUT2D eigenvalue weighted by Crippen LogP contribution is -2.42. The molecule has 0 bridgehead atoms. The van der Waals surface area contributed by atoms with E-state index >= 15 is 0 Å². The van der Waals surface area contributed by atoms with Crippen LogP contribution in [-0.2, 0) is 14.3 Å². The van der Waals surface area contributed by atoms with Crippen LogP contribution >= 0.6 is 11.6 Å². The summed E-state index contributed by atoms with van der Waals surface area (Å²) in [6, 6.07) is 6.91. The first-order valence-corrected chi connectivity index (χ1v) is 6.25. The molecule has 2 rings (SSSR count). The van der Waals surface area contributed by atoms with Gasteiger partial charge in [-0.05, 0) is 17.7 Å². The normalized spacial score (nSPS) is 18.3. The second kappa shape index (κ2) is 6.18. The number of morpholine rings is 1. The molecule has 1 aromatic carbocycles. The zero-order valence-electron chi connectivity index (χ0n) is 10.3. The third-order valence-corrected chi connectivity index (χ3v) is 3.27. The first-order chi connectivity index (χ1) is 8.72. The summed E-state index contributed by atoms with van der Waals surface area (Å²) in [6.07, 6.45) is 0. The molecular weight excluding hydrogens is 254 g/mol. The molecule has 0 radical (unpaired) electrons. The van der Waals surface area contributed by atoms with Crippen molar-refractivity contribution in [2.24, 2.45) is 0 Å². The summed E-state index contributed by atoms with van der Waals surface area (Å²) in [5.74, 6) is -0.251. The highest BCUT2D eigenvalue weighted by Crippen LogP contribution is 2.24. The Bertz CT molecular complexity index is 401. The van der Waals surface area contributed by atoms with Crippen LogP contribution in [0.25, 0.3) is 0 Å². The maximum absolute atomic E-state index is 12.0. The van der Waals surface area contributed by atoms with Crippen LogP contribution in [0.15, 0.2) is 24.3 Å². The van der Waals surface area contributed by atoms with E-state index in [1.54, 1.807) is 12.1 Å². The van der Waals surface area contributed by atoms with Gasteiger partial charge in [-0.3, -0.25) is 4.90 Å². The molecular formula is C13H16ClNO3. The summed E-state index contributed by atoms with van der Waals surface area (Å²) < 4.78 is 10.2. The fraction of sp³-hybridized carbons (Fsp3) is 0.462. The molecule has 98 valence electrons. The predicted molar refractivity (Wildman–Crippen MR) is 68.6 cm³/mol. The lowest BCUT2D eigenvalue weighted by molar-refractivity contribution is -0.149. The van der Waals surface area contributed by atoms with E-state index in [-0.39, 0.29) is 12.0 Å². The zero-order chi connectivity index (χ0) is 13.0. The van der Waals surface area contributed by atoms with Crippen molar-refractivity contribution in [1.82, 2.24) is 4.90 Å². The Morgan fingerprint density at radius 3 is 2.50 bits per heavy atom. The Morgan fingerprint density at radius 1 is 1.33 bits per heavy atom. The maximum atomic E-state index is 12.0. The third kappa shape index (κ3) is 3.02. The smallest absolute Gasteiger partial charge is 0.327 e. The summed E-state index contributed by atoms with van der Waals surface area (Å²) in [6.45, 7) is 2.73. The van der Waals surface area contributed by atoms with Crippen LogP contribution in [0.3, 0.4) is 0 Å². The Balaban J connectivity index is 2.23. The van der Waals surface area contributed by atoms with Crippen LogP contribution in [0.4, 0.5) is 0 Å². The minimum atomic E-state index is -0.379. The van der Waals surface area contributed by atoms with Gasteiger partial charge in [-0.15, -0.1) is 0 Å². The Morgan fingerprint density at radius 2 is 1.94 bits per heavy atom. The molecule has 18 heavy (non-hydrogen) atoms. The van der Waals surface area contributed by atoms with Crippen LogP contribution in [0.1, 0.15) is 11.6 Å². The molecule has 4 nitrogen and oxygen atoms in total. The molecule has 0 spiro atoms. The van der Waals surface area contributed by atoms with E-state index in [9.17, 15) is 4.79 Å². The molecule has 0 amide bonds. The first-order valence-electron chi connectivity index (χ1n) is 5.87. The van der Waals surface area contributed by atoms with Gasteiger partial charge in [0.25, 0.3) is 0 Å². The van der Waals surface area contributed by atoms with E-state index in [2.05, 4.69) is 4.90 Å². The summed E-state index contributed by atoms with van der Waals surface area (Å²) in [4.78, 5) is 14.0. The fourth-order valence-corrected chi connectivity index (χ4v) is 2.21. The molecule has 1 saturated heterocycles. The molecule has 1 aliphatic rings. The highest BCUT2D eigenvalue weighted by Gasteiger charge is 2.29. The molecule has 5 heteroatoms. The molecule has 1 aliphatic heterocycles. The highest BCUT2D eigenvalue weighted by molar-refractivity contribution is 6.30. The van der Waals surface area contributed by atoms with Crippen molar-refractivity contribution in [2.75, 3.05) is 33.4 Å². The van der Waals surface area contributed by atoms with Crippen molar-refractivity contribution in [2.45, 2.75) is 6.04 Å². The minimum Gasteiger partial charge on any atom is -0.468 e. The zero-order valence-corrected chi connectivity index (χ0v) is 11.0. The standard InChI is InChI=1S/C13H16ClNO3/c1-17-13(16)12(15-6-8-18-9-7-15)10-2-4-11(14)5-3-10/h2-5,12H,6-9H2,1H3/t12-/m1/s1. The van der Waals surface area contributed by atoms with E-state index in [1.165, 1.54) is 7.11 Å². The van der Waals surface area contributed by atoms with Crippen molar-refractivity contribution < 1.29 is 14.3 Å². The van der Waals surface area contributed by atoms with Gasteiger partial charge >= 0.3 is 5.97 Å². The number of hydrogen-bond acceptors (Lipinski definition) is 4. The van der Waals surface area contributed by atoms with Gasteiger partial charge in [-0.1, -0.05) is 23.7 Å². The van der Waals surface area contributed by atoms with E-state index < -0.39 is 0 Å². The number of methoxy groups -OCH3 is 1.